The normalized spacial score (nSPS) is 10.5. The highest BCUT2D eigenvalue weighted by Crippen LogP contribution is 2.19. The standard InChI is InChI=1S/C20H18ClN3O3/c1-12-13(2)23-19(22-12)14-6-8-15(9-7-14)20(26)27-11-18(25)24-17-5-3-4-16(21)10-17/h3-10H,11H2,1-2H3,(H,22,23)(H,24,25). The van der Waals surface area contributed by atoms with Crippen LogP contribution in [0.1, 0.15) is 21.7 Å². The molecule has 0 aliphatic heterocycles. The molecule has 0 aliphatic rings. The summed E-state index contributed by atoms with van der Waals surface area (Å²) in [5.74, 6) is -0.274. The van der Waals surface area contributed by atoms with Crippen molar-refractivity contribution in [3.8, 4) is 11.4 Å². The third-order valence-electron chi connectivity index (χ3n) is 3.96. The minimum Gasteiger partial charge on any atom is -0.452 e. The van der Waals surface area contributed by atoms with E-state index in [1.54, 1.807) is 48.5 Å². The molecule has 0 bridgehead atoms. The first-order valence-corrected chi connectivity index (χ1v) is 8.66. The Morgan fingerprint density at radius 1 is 1.15 bits per heavy atom. The molecule has 0 saturated carbocycles. The average molecular weight is 384 g/mol. The van der Waals surface area contributed by atoms with Gasteiger partial charge in [0.05, 0.1) is 11.3 Å². The van der Waals surface area contributed by atoms with E-state index >= 15 is 0 Å². The number of carbonyl (C=O) groups is 2. The molecule has 0 unspecified atom stereocenters. The zero-order valence-electron chi connectivity index (χ0n) is 14.9. The number of rotatable bonds is 5. The van der Waals surface area contributed by atoms with Crippen LogP contribution in [0.25, 0.3) is 11.4 Å². The second-order valence-electron chi connectivity index (χ2n) is 6.01. The molecule has 0 radical (unpaired) electrons. The first-order valence-electron chi connectivity index (χ1n) is 8.28. The summed E-state index contributed by atoms with van der Waals surface area (Å²) in [6, 6.07) is 13.6. The molecule has 2 aromatic carbocycles. The van der Waals surface area contributed by atoms with Crippen molar-refractivity contribution in [3.05, 3.63) is 70.5 Å². The van der Waals surface area contributed by atoms with Gasteiger partial charge in [-0.05, 0) is 44.2 Å². The van der Waals surface area contributed by atoms with E-state index in [-0.39, 0.29) is 6.61 Å². The largest absolute Gasteiger partial charge is 0.452 e. The number of aromatic amines is 1. The highest BCUT2D eigenvalue weighted by atomic mass is 35.5. The summed E-state index contributed by atoms with van der Waals surface area (Å²) in [4.78, 5) is 31.6. The molecule has 1 amide bonds. The maximum absolute atomic E-state index is 12.1. The Morgan fingerprint density at radius 3 is 2.52 bits per heavy atom. The number of hydrogen-bond acceptors (Lipinski definition) is 4. The van der Waals surface area contributed by atoms with Gasteiger partial charge in [-0.25, -0.2) is 9.78 Å². The minimum absolute atomic E-state index is 0.356. The highest BCUT2D eigenvalue weighted by molar-refractivity contribution is 6.30. The van der Waals surface area contributed by atoms with E-state index in [0.29, 0.717) is 16.3 Å². The number of ether oxygens (including phenoxy) is 1. The molecular weight excluding hydrogens is 366 g/mol. The maximum atomic E-state index is 12.1. The number of amides is 1. The smallest absolute Gasteiger partial charge is 0.338 e. The Bertz CT molecular complexity index is 961. The predicted octanol–water partition coefficient (Wildman–Crippen LogP) is 4.14. The van der Waals surface area contributed by atoms with Gasteiger partial charge >= 0.3 is 5.97 Å². The lowest BCUT2D eigenvalue weighted by atomic mass is 10.1. The zero-order valence-corrected chi connectivity index (χ0v) is 15.6. The fourth-order valence-corrected chi connectivity index (χ4v) is 2.62. The van der Waals surface area contributed by atoms with Gasteiger partial charge in [-0.15, -0.1) is 0 Å². The van der Waals surface area contributed by atoms with Crippen LogP contribution < -0.4 is 5.32 Å². The van der Waals surface area contributed by atoms with Crippen molar-refractivity contribution in [2.24, 2.45) is 0 Å². The van der Waals surface area contributed by atoms with Gasteiger partial charge in [0.15, 0.2) is 6.61 Å². The number of hydrogen-bond donors (Lipinski definition) is 2. The van der Waals surface area contributed by atoms with Crippen LogP contribution in [-0.2, 0) is 9.53 Å². The SMILES string of the molecule is Cc1nc(-c2ccc(C(=O)OCC(=O)Nc3cccc(Cl)c3)cc2)[nH]c1C. The predicted molar refractivity (Wildman–Crippen MR) is 104 cm³/mol. The number of carbonyl (C=O) groups excluding carboxylic acids is 2. The van der Waals surface area contributed by atoms with Gasteiger partial charge in [-0.1, -0.05) is 29.8 Å². The van der Waals surface area contributed by atoms with Gasteiger partial charge in [-0.2, -0.15) is 0 Å². The number of nitrogens with zero attached hydrogens (tertiary/aromatic N) is 1. The molecule has 7 heteroatoms. The fourth-order valence-electron chi connectivity index (χ4n) is 2.43. The minimum atomic E-state index is -0.574. The number of benzene rings is 2. The van der Waals surface area contributed by atoms with Crippen molar-refractivity contribution in [3.63, 3.8) is 0 Å². The van der Waals surface area contributed by atoms with Gasteiger partial charge in [0.25, 0.3) is 5.91 Å². The Labute approximate surface area is 161 Å². The van der Waals surface area contributed by atoms with E-state index in [1.165, 1.54) is 0 Å². The van der Waals surface area contributed by atoms with Crippen LogP contribution in [0.3, 0.4) is 0 Å². The van der Waals surface area contributed by atoms with E-state index in [9.17, 15) is 9.59 Å². The van der Waals surface area contributed by atoms with Crippen LogP contribution in [0.5, 0.6) is 0 Å². The number of aryl methyl sites for hydroxylation is 2. The summed E-state index contributed by atoms with van der Waals surface area (Å²) in [5, 5.41) is 3.12. The molecule has 27 heavy (non-hydrogen) atoms. The monoisotopic (exact) mass is 383 g/mol. The number of esters is 1. The lowest BCUT2D eigenvalue weighted by Crippen LogP contribution is -2.20. The summed E-state index contributed by atoms with van der Waals surface area (Å²) in [5.41, 5.74) is 3.69. The summed E-state index contributed by atoms with van der Waals surface area (Å²) < 4.78 is 5.05. The summed E-state index contributed by atoms with van der Waals surface area (Å²) in [6.45, 7) is 3.49. The van der Waals surface area contributed by atoms with Crippen molar-refractivity contribution < 1.29 is 14.3 Å². The van der Waals surface area contributed by atoms with Crippen LogP contribution in [0.2, 0.25) is 5.02 Å². The van der Waals surface area contributed by atoms with Crippen molar-refractivity contribution in [2.45, 2.75) is 13.8 Å². The summed E-state index contributed by atoms with van der Waals surface area (Å²) in [7, 11) is 0. The number of halogens is 1. The van der Waals surface area contributed by atoms with E-state index in [2.05, 4.69) is 15.3 Å². The van der Waals surface area contributed by atoms with Crippen LogP contribution in [0.15, 0.2) is 48.5 Å². The molecule has 3 rings (SSSR count). The maximum Gasteiger partial charge on any atom is 0.338 e. The molecule has 1 aromatic heterocycles. The van der Waals surface area contributed by atoms with E-state index in [0.717, 1.165) is 22.8 Å². The van der Waals surface area contributed by atoms with E-state index in [1.807, 2.05) is 13.8 Å². The second-order valence-corrected chi connectivity index (χ2v) is 6.44. The summed E-state index contributed by atoms with van der Waals surface area (Å²) in [6.07, 6.45) is 0. The Kier molecular flexibility index (Phi) is 5.57. The Hall–Kier alpha value is -3.12. The molecule has 0 atom stereocenters. The topological polar surface area (TPSA) is 84.1 Å². The lowest BCUT2D eigenvalue weighted by molar-refractivity contribution is -0.119. The third kappa shape index (κ3) is 4.74. The number of nitrogens with one attached hydrogen (secondary N) is 2. The van der Waals surface area contributed by atoms with Gasteiger partial charge in [0.2, 0.25) is 0 Å². The fraction of sp³-hybridized carbons (Fsp3) is 0.150. The van der Waals surface area contributed by atoms with Crippen molar-refractivity contribution in [1.29, 1.82) is 0 Å². The van der Waals surface area contributed by atoms with Crippen LogP contribution in [0.4, 0.5) is 5.69 Å². The molecule has 0 spiro atoms. The van der Waals surface area contributed by atoms with E-state index < -0.39 is 11.9 Å². The van der Waals surface area contributed by atoms with Gasteiger partial charge in [0.1, 0.15) is 5.82 Å². The van der Waals surface area contributed by atoms with Crippen LogP contribution in [-0.4, -0.2) is 28.5 Å². The van der Waals surface area contributed by atoms with Gasteiger partial charge < -0.3 is 15.0 Å². The lowest BCUT2D eigenvalue weighted by Gasteiger charge is -2.07. The molecule has 1 heterocycles. The number of H-pyrrole nitrogens is 1. The molecule has 6 nitrogen and oxygen atoms in total. The molecule has 0 aliphatic carbocycles. The quantitative estimate of drug-likeness (QED) is 0.648. The average Bonchev–Trinajstić information content (AvgIpc) is 2.99. The molecule has 0 fully saturated rings. The molecule has 0 saturated heterocycles. The van der Waals surface area contributed by atoms with Crippen molar-refractivity contribution >= 4 is 29.2 Å². The zero-order chi connectivity index (χ0) is 19.4. The van der Waals surface area contributed by atoms with Crippen molar-refractivity contribution in [1.82, 2.24) is 9.97 Å². The highest BCUT2D eigenvalue weighted by Gasteiger charge is 2.12. The van der Waals surface area contributed by atoms with Crippen LogP contribution >= 0.6 is 11.6 Å². The Balaban J connectivity index is 1.57. The van der Waals surface area contributed by atoms with E-state index in [4.69, 9.17) is 16.3 Å². The first kappa shape index (κ1) is 18.7. The molecule has 2 N–H and O–H groups in total. The molecule has 138 valence electrons. The molecule has 3 aromatic rings. The third-order valence-corrected chi connectivity index (χ3v) is 4.20. The number of anilines is 1. The van der Waals surface area contributed by atoms with Crippen LogP contribution in [0, 0.1) is 13.8 Å². The Morgan fingerprint density at radius 2 is 1.89 bits per heavy atom. The number of aromatic nitrogens is 2. The first-order chi connectivity index (χ1) is 12.9. The summed E-state index contributed by atoms with van der Waals surface area (Å²) >= 11 is 5.86. The second kappa shape index (κ2) is 8.05. The van der Waals surface area contributed by atoms with Gasteiger partial charge in [-0.3, -0.25) is 4.79 Å². The molecular formula is C20H18ClN3O3. The van der Waals surface area contributed by atoms with Crippen molar-refractivity contribution in [2.75, 3.05) is 11.9 Å². The number of imidazole rings is 1. The van der Waals surface area contributed by atoms with Gasteiger partial charge in [0, 0.05) is 22.0 Å².